The molecule has 0 amide bonds. The molecule has 0 spiro atoms. The summed E-state index contributed by atoms with van der Waals surface area (Å²) in [5, 5.41) is 26.8. The van der Waals surface area contributed by atoms with E-state index in [0.29, 0.717) is 0 Å². The average Bonchev–Trinajstić information content (AvgIpc) is 2.26. The second-order valence-electron chi connectivity index (χ2n) is 3.83. The molecule has 0 heterocycles. The van der Waals surface area contributed by atoms with E-state index >= 15 is 0 Å². The highest BCUT2D eigenvalue weighted by atomic mass is 16.4. The number of aliphatic hydroxyl groups is 3. The van der Waals surface area contributed by atoms with Crippen molar-refractivity contribution in [2.24, 2.45) is 0 Å². The molecule has 90 valence electrons. The quantitative estimate of drug-likeness (QED) is 0.496. The molecule has 0 aliphatic heterocycles. The van der Waals surface area contributed by atoms with E-state index < -0.39 is 18.8 Å². The minimum absolute atomic E-state index is 0.280. The minimum atomic E-state index is -1.43. The maximum absolute atomic E-state index is 11.3. The summed E-state index contributed by atoms with van der Waals surface area (Å²) in [5.41, 5.74) is 0. The normalized spacial score (nSPS) is 14.9. The van der Waals surface area contributed by atoms with E-state index in [1.165, 1.54) is 0 Å². The summed E-state index contributed by atoms with van der Waals surface area (Å²) < 4.78 is 0. The molecule has 0 aromatic rings. The number of hydrogen-bond donors (Lipinski definition) is 3. The molecular formula is C11H22O4. The summed E-state index contributed by atoms with van der Waals surface area (Å²) in [6.45, 7) is 1.54. The van der Waals surface area contributed by atoms with Crippen LogP contribution in [0.5, 0.6) is 0 Å². The highest BCUT2D eigenvalue weighted by molar-refractivity contribution is 5.83. The first-order valence-electron chi connectivity index (χ1n) is 5.63. The van der Waals surface area contributed by atoms with Crippen molar-refractivity contribution in [2.75, 3.05) is 6.61 Å². The van der Waals surface area contributed by atoms with Gasteiger partial charge in [0, 0.05) is 6.42 Å². The van der Waals surface area contributed by atoms with Gasteiger partial charge in [0.05, 0.1) is 6.61 Å². The molecular weight excluding hydrogens is 196 g/mol. The Kier molecular flexibility index (Phi) is 8.56. The van der Waals surface area contributed by atoms with Crippen LogP contribution < -0.4 is 0 Å². The van der Waals surface area contributed by atoms with E-state index in [-0.39, 0.29) is 12.2 Å². The van der Waals surface area contributed by atoms with E-state index in [4.69, 9.17) is 10.2 Å². The predicted molar refractivity (Wildman–Crippen MR) is 57.5 cm³/mol. The standard InChI is InChI=1S/C11H22O4/c1-2-3-4-5-6-7-9(13)11(15)10(14)8-12/h10-12,14-15H,2-8H2,1H3. The van der Waals surface area contributed by atoms with Crippen molar-refractivity contribution in [3.05, 3.63) is 0 Å². The number of unbranched alkanes of at least 4 members (excludes halogenated alkanes) is 4. The molecule has 0 aliphatic carbocycles. The van der Waals surface area contributed by atoms with Gasteiger partial charge in [0.2, 0.25) is 0 Å². The molecule has 15 heavy (non-hydrogen) atoms. The third kappa shape index (κ3) is 6.60. The Balaban J connectivity index is 3.56. The van der Waals surface area contributed by atoms with Gasteiger partial charge in [-0.15, -0.1) is 0 Å². The van der Waals surface area contributed by atoms with Crippen LogP contribution in [0.4, 0.5) is 0 Å². The Morgan fingerprint density at radius 1 is 1.13 bits per heavy atom. The molecule has 0 radical (unpaired) electrons. The first-order chi connectivity index (χ1) is 7.13. The summed E-state index contributed by atoms with van der Waals surface area (Å²) in [5.74, 6) is -0.381. The van der Waals surface area contributed by atoms with Gasteiger partial charge in [-0.3, -0.25) is 4.79 Å². The number of hydrogen-bond acceptors (Lipinski definition) is 4. The summed E-state index contributed by atoms with van der Waals surface area (Å²) in [6, 6.07) is 0. The van der Waals surface area contributed by atoms with Crippen molar-refractivity contribution in [2.45, 2.75) is 57.7 Å². The van der Waals surface area contributed by atoms with Gasteiger partial charge in [-0.1, -0.05) is 32.6 Å². The van der Waals surface area contributed by atoms with E-state index in [2.05, 4.69) is 6.92 Å². The third-order valence-corrected chi connectivity index (χ3v) is 2.41. The Morgan fingerprint density at radius 2 is 1.73 bits per heavy atom. The van der Waals surface area contributed by atoms with Crippen LogP contribution in [0.1, 0.15) is 45.4 Å². The Bertz CT molecular complexity index is 170. The molecule has 0 aliphatic rings. The molecule has 0 saturated heterocycles. The molecule has 0 aromatic heterocycles. The van der Waals surface area contributed by atoms with Crippen LogP contribution >= 0.6 is 0 Å². The summed E-state index contributed by atoms with van der Waals surface area (Å²) in [6.07, 6.45) is 2.64. The molecule has 3 N–H and O–H groups in total. The van der Waals surface area contributed by atoms with Crippen LogP contribution in [-0.2, 0) is 4.79 Å². The first kappa shape index (κ1) is 14.6. The van der Waals surface area contributed by atoms with E-state index in [1.807, 2.05) is 0 Å². The van der Waals surface area contributed by atoms with Crippen molar-refractivity contribution in [3.63, 3.8) is 0 Å². The zero-order chi connectivity index (χ0) is 11.7. The third-order valence-electron chi connectivity index (χ3n) is 2.41. The van der Waals surface area contributed by atoms with Gasteiger partial charge in [-0.2, -0.15) is 0 Å². The van der Waals surface area contributed by atoms with Crippen LogP contribution in [0.3, 0.4) is 0 Å². The van der Waals surface area contributed by atoms with Crippen molar-refractivity contribution in [3.8, 4) is 0 Å². The molecule has 4 heteroatoms. The Morgan fingerprint density at radius 3 is 2.27 bits per heavy atom. The lowest BCUT2D eigenvalue weighted by Crippen LogP contribution is -2.36. The van der Waals surface area contributed by atoms with Crippen molar-refractivity contribution < 1.29 is 20.1 Å². The average molecular weight is 218 g/mol. The zero-order valence-electron chi connectivity index (χ0n) is 9.35. The highest BCUT2D eigenvalue weighted by Crippen LogP contribution is 2.07. The van der Waals surface area contributed by atoms with Crippen LogP contribution in [0, 0.1) is 0 Å². The maximum Gasteiger partial charge on any atom is 0.164 e. The molecule has 0 rings (SSSR count). The predicted octanol–water partition coefficient (Wildman–Crippen LogP) is 0.630. The number of rotatable bonds is 9. The fraction of sp³-hybridized carbons (Fsp3) is 0.909. The van der Waals surface area contributed by atoms with Gasteiger partial charge in [0.15, 0.2) is 5.78 Å². The highest BCUT2D eigenvalue weighted by Gasteiger charge is 2.22. The topological polar surface area (TPSA) is 77.8 Å². The summed E-state index contributed by atoms with van der Waals surface area (Å²) >= 11 is 0. The fourth-order valence-electron chi connectivity index (χ4n) is 1.37. The van der Waals surface area contributed by atoms with Gasteiger partial charge in [0.25, 0.3) is 0 Å². The van der Waals surface area contributed by atoms with Crippen LogP contribution in [-0.4, -0.2) is 39.9 Å². The lowest BCUT2D eigenvalue weighted by Gasteiger charge is -2.13. The summed E-state index contributed by atoms with van der Waals surface area (Å²) in [4.78, 5) is 11.3. The van der Waals surface area contributed by atoms with Gasteiger partial charge in [-0.05, 0) is 6.42 Å². The Hall–Kier alpha value is -0.450. The van der Waals surface area contributed by atoms with E-state index in [0.717, 1.165) is 32.1 Å². The number of carbonyl (C=O) groups excluding carboxylic acids is 1. The largest absolute Gasteiger partial charge is 0.394 e. The summed E-state index contributed by atoms with van der Waals surface area (Å²) in [7, 11) is 0. The van der Waals surface area contributed by atoms with Gasteiger partial charge >= 0.3 is 0 Å². The molecule has 2 atom stereocenters. The second kappa shape index (κ2) is 8.83. The van der Waals surface area contributed by atoms with Crippen LogP contribution in [0.15, 0.2) is 0 Å². The maximum atomic E-state index is 11.3. The monoisotopic (exact) mass is 218 g/mol. The van der Waals surface area contributed by atoms with Crippen molar-refractivity contribution in [1.29, 1.82) is 0 Å². The number of Topliss-reactive ketones (excluding diaryl/α,β-unsaturated/α-hetero) is 1. The molecule has 2 unspecified atom stereocenters. The lowest BCUT2D eigenvalue weighted by molar-refractivity contribution is -0.134. The number of ketones is 1. The fourth-order valence-corrected chi connectivity index (χ4v) is 1.37. The lowest BCUT2D eigenvalue weighted by atomic mass is 10.0. The van der Waals surface area contributed by atoms with E-state index in [1.54, 1.807) is 0 Å². The molecule has 4 nitrogen and oxygen atoms in total. The second-order valence-corrected chi connectivity index (χ2v) is 3.83. The Labute approximate surface area is 90.9 Å². The van der Waals surface area contributed by atoms with Crippen LogP contribution in [0.25, 0.3) is 0 Å². The zero-order valence-corrected chi connectivity index (χ0v) is 9.35. The number of carbonyl (C=O) groups is 1. The van der Waals surface area contributed by atoms with Crippen LogP contribution in [0.2, 0.25) is 0 Å². The first-order valence-corrected chi connectivity index (χ1v) is 5.63. The number of aliphatic hydroxyl groups excluding tert-OH is 3. The van der Waals surface area contributed by atoms with Gasteiger partial charge in [0.1, 0.15) is 12.2 Å². The molecule has 0 fully saturated rings. The van der Waals surface area contributed by atoms with E-state index in [9.17, 15) is 9.90 Å². The molecule has 0 bridgehead atoms. The molecule has 0 aromatic carbocycles. The smallest absolute Gasteiger partial charge is 0.164 e. The van der Waals surface area contributed by atoms with Gasteiger partial charge < -0.3 is 15.3 Å². The SMILES string of the molecule is CCCCCCCC(=O)C(O)C(O)CO. The van der Waals surface area contributed by atoms with Gasteiger partial charge in [-0.25, -0.2) is 0 Å². The van der Waals surface area contributed by atoms with Crippen molar-refractivity contribution >= 4 is 5.78 Å². The molecule has 0 saturated carbocycles. The minimum Gasteiger partial charge on any atom is -0.394 e. The van der Waals surface area contributed by atoms with Crippen molar-refractivity contribution in [1.82, 2.24) is 0 Å².